The van der Waals surface area contributed by atoms with Gasteiger partial charge in [-0.15, -0.1) is 0 Å². The van der Waals surface area contributed by atoms with Crippen LogP contribution in [0.1, 0.15) is 43.0 Å². The topological polar surface area (TPSA) is 60.5 Å². The normalized spacial score (nSPS) is 19.9. The van der Waals surface area contributed by atoms with Crippen LogP contribution in [0.25, 0.3) is 0 Å². The second-order valence-corrected chi connectivity index (χ2v) is 6.19. The number of aromatic nitrogens is 1. The molecule has 1 saturated carbocycles. The Balaban J connectivity index is 1.46. The van der Waals surface area contributed by atoms with Crippen LogP contribution in [0.3, 0.4) is 0 Å². The summed E-state index contributed by atoms with van der Waals surface area (Å²) in [6, 6.07) is 13.1. The van der Waals surface area contributed by atoms with Gasteiger partial charge in [0.1, 0.15) is 11.9 Å². The van der Waals surface area contributed by atoms with Crippen LogP contribution in [0, 0.1) is 0 Å². The average molecular weight is 340 g/mol. The molecule has 0 aliphatic heterocycles. The molecule has 1 amide bonds. The molecule has 132 valence electrons. The van der Waals surface area contributed by atoms with Crippen molar-refractivity contribution in [1.29, 1.82) is 0 Å². The standard InChI is InChI=1S/C20H24N2O3/c1-2-24-17-10-6-15(7-11-17)20(23)22-16-8-12-18(13-9-16)25-19-5-3-4-14-21-19/h3-7,10-11,14,16,18H,2,8-9,12-13H2,1H3,(H,22,23). The zero-order valence-electron chi connectivity index (χ0n) is 14.5. The summed E-state index contributed by atoms with van der Waals surface area (Å²) in [6.45, 7) is 2.56. The SMILES string of the molecule is CCOc1ccc(C(=O)NC2CCC(Oc3ccccn3)CC2)cc1. The van der Waals surface area contributed by atoms with Crippen molar-refractivity contribution >= 4 is 5.91 Å². The average Bonchev–Trinajstić information content (AvgIpc) is 2.65. The Labute approximate surface area is 148 Å². The zero-order valence-corrected chi connectivity index (χ0v) is 14.5. The highest BCUT2D eigenvalue weighted by molar-refractivity contribution is 5.94. The van der Waals surface area contributed by atoms with Gasteiger partial charge in [-0.1, -0.05) is 6.07 Å². The van der Waals surface area contributed by atoms with Crippen LogP contribution < -0.4 is 14.8 Å². The van der Waals surface area contributed by atoms with E-state index in [-0.39, 0.29) is 18.1 Å². The van der Waals surface area contributed by atoms with Gasteiger partial charge in [-0.3, -0.25) is 4.79 Å². The van der Waals surface area contributed by atoms with Crippen molar-refractivity contribution in [1.82, 2.24) is 10.3 Å². The van der Waals surface area contributed by atoms with E-state index in [2.05, 4.69) is 10.3 Å². The quantitative estimate of drug-likeness (QED) is 0.873. The number of nitrogens with zero attached hydrogens (tertiary/aromatic N) is 1. The first-order valence-electron chi connectivity index (χ1n) is 8.86. The summed E-state index contributed by atoms with van der Waals surface area (Å²) >= 11 is 0. The van der Waals surface area contributed by atoms with Gasteiger partial charge in [-0.25, -0.2) is 4.98 Å². The van der Waals surface area contributed by atoms with Crippen LogP contribution in [-0.4, -0.2) is 29.6 Å². The molecule has 0 saturated heterocycles. The smallest absolute Gasteiger partial charge is 0.251 e. The van der Waals surface area contributed by atoms with E-state index in [9.17, 15) is 4.79 Å². The van der Waals surface area contributed by atoms with Crippen LogP contribution >= 0.6 is 0 Å². The van der Waals surface area contributed by atoms with Crippen LogP contribution in [-0.2, 0) is 0 Å². The van der Waals surface area contributed by atoms with Crippen molar-refractivity contribution in [2.45, 2.75) is 44.8 Å². The number of pyridine rings is 1. The highest BCUT2D eigenvalue weighted by Gasteiger charge is 2.24. The molecule has 1 heterocycles. The van der Waals surface area contributed by atoms with Crippen molar-refractivity contribution in [3.05, 3.63) is 54.2 Å². The van der Waals surface area contributed by atoms with Gasteiger partial charge in [0.05, 0.1) is 6.61 Å². The van der Waals surface area contributed by atoms with Crippen molar-refractivity contribution in [2.75, 3.05) is 6.61 Å². The Morgan fingerprint density at radius 3 is 2.52 bits per heavy atom. The van der Waals surface area contributed by atoms with Crippen LogP contribution in [0.2, 0.25) is 0 Å². The highest BCUT2D eigenvalue weighted by atomic mass is 16.5. The molecule has 2 aromatic rings. The Kier molecular flexibility index (Phi) is 5.88. The first kappa shape index (κ1) is 17.3. The van der Waals surface area contributed by atoms with Gasteiger partial charge in [-0.05, 0) is 62.9 Å². The van der Waals surface area contributed by atoms with E-state index >= 15 is 0 Å². The van der Waals surface area contributed by atoms with Crippen LogP contribution in [0.4, 0.5) is 0 Å². The number of nitrogens with one attached hydrogen (secondary N) is 1. The summed E-state index contributed by atoms with van der Waals surface area (Å²) < 4.78 is 11.3. The molecule has 25 heavy (non-hydrogen) atoms. The number of benzene rings is 1. The Hall–Kier alpha value is -2.56. The van der Waals surface area contributed by atoms with Gasteiger partial charge >= 0.3 is 0 Å². The van der Waals surface area contributed by atoms with E-state index in [1.165, 1.54) is 0 Å². The molecule has 1 aromatic carbocycles. The Morgan fingerprint density at radius 1 is 1.12 bits per heavy atom. The molecule has 1 N–H and O–H groups in total. The van der Waals surface area contributed by atoms with Crippen molar-refractivity contribution < 1.29 is 14.3 Å². The minimum Gasteiger partial charge on any atom is -0.494 e. The molecule has 5 heteroatoms. The maximum atomic E-state index is 12.4. The fourth-order valence-electron chi connectivity index (χ4n) is 3.05. The van der Waals surface area contributed by atoms with Crippen molar-refractivity contribution in [3.8, 4) is 11.6 Å². The molecule has 0 bridgehead atoms. The van der Waals surface area contributed by atoms with Crippen LogP contribution in [0.15, 0.2) is 48.7 Å². The number of carbonyl (C=O) groups excluding carboxylic acids is 1. The summed E-state index contributed by atoms with van der Waals surface area (Å²) in [5.74, 6) is 1.42. The van der Waals surface area contributed by atoms with E-state index in [4.69, 9.17) is 9.47 Å². The number of rotatable bonds is 6. The zero-order chi connectivity index (χ0) is 17.5. The summed E-state index contributed by atoms with van der Waals surface area (Å²) in [5.41, 5.74) is 0.662. The first-order valence-corrected chi connectivity index (χ1v) is 8.86. The highest BCUT2D eigenvalue weighted by Crippen LogP contribution is 2.23. The third-order valence-corrected chi connectivity index (χ3v) is 4.36. The van der Waals surface area contributed by atoms with E-state index in [0.29, 0.717) is 18.1 Å². The molecule has 0 radical (unpaired) electrons. The lowest BCUT2D eigenvalue weighted by molar-refractivity contribution is 0.0890. The third kappa shape index (κ3) is 4.95. The molecule has 0 unspecified atom stereocenters. The van der Waals surface area contributed by atoms with E-state index in [1.807, 2.05) is 37.3 Å². The van der Waals surface area contributed by atoms with Gasteiger partial charge in [0.25, 0.3) is 5.91 Å². The predicted molar refractivity (Wildman–Crippen MR) is 96.0 cm³/mol. The number of ether oxygens (including phenoxy) is 2. The summed E-state index contributed by atoms with van der Waals surface area (Å²) in [6.07, 6.45) is 5.59. The summed E-state index contributed by atoms with van der Waals surface area (Å²) in [5, 5.41) is 3.12. The maximum absolute atomic E-state index is 12.4. The molecule has 1 aliphatic rings. The first-order chi connectivity index (χ1) is 12.2. The van der Waals surface area contributed by atoms with E-state index in [0.717, 1.165) is 31.4 Å². The lowest BCUT2D eigenvalue weighted by Gasteiger charge is -2.29. The lowest BCUT2D eigenvalue weighted by Crippen LogP contribution is -2.39. The van der Waals surface area contributed by atoms with Gasteiger partial charge in [0, 0.05) is 23.9 Å². The number of hydrogen-bond donors (Lipinski definition) is 1. The Bertz CT molecular complexity index is 665. The molecular weight excluding hydrogens is 316 g/mol. The van der Waals surface area contributed by atoms with Crippen molar-refractivity contribution in [3.63, 3.8) is 0 Å². The molecule has 3 rings (SSSR count). The molecule has 1 aliphatic carbocycles. The fraction of sp³-hybridized carbons (Fsp3) is 0.400. The molecule has 0 atom stereocenters. The molecule has 0 spiro atoms. The fourth-order valence-corrected chi connectivity index (χ4v) is 3.05. The summed E-state index contributed by atoms with van der Waals surface area (Å²) in [7, 11) is 0. The third-order valence-electron chi connectivity index (χ3n) is 4.36. The van der Waals surface area contributed by atoms with Crippen molar-refractivity contribution in [2.24, 2.45) is 0 Å². The molecule has 1 fully saturated rings. The molecule has 5 nitrogen and oxygen atoms in total. The van der Waals surface area contributed by atoms with Gasteiger partial charge in [0.2, 0.25) is 5.88 Å². The van der Waals surface area contributed by atoms with E-state index < -0.39 is 0 Å². The Morgan fingerprint density at radius 2 is 1.88 bits per heavy atom. The minimum atomic E-state index is -0.0304. The van der Waals surface area contributed by atoms with E-state index in [1.54, 1.807) is 18.3 Å². The van der Waals surface area contributed by atoms with Crippen LogP contribution in [0.5, 0.6) is 11.6 Å². The van der Waals surface area contributed by atoms with Gasteiger partial charge in [-0.2, -0.15) is 0 Å². The number of hydrogen-bond acceptors (Lipinski definition) is 4. The second-order valence-electron chi connectivity index (χ2n) is 6.19. The summed E-state index contributed by atoms with van der Waals surface area (Å²) in [4.78, 5) is 16.6. The largest absolute Gasteiger partial charge is 0.494 e. The minimum absolute atomic E-state index is 0.0304. The molecular formula is C20H24N2O3. The predicted octanol–water partition coefficient (Wildman–Crippen LogP) is 3.60. The van der Waals surface area contributed by atoms with Gasteiger partial charge in [0.15, 0.2) is 0 Å². The second kappa shape index (κ2) is 8.51. The van der Waals surface area contributed by atoms with Gasteiger partial charge < -0.3 is 14.8 Å². The molecule has 1 aromatic heterocycles. The monoisotopic (exact) mass is 340 g/mol. The number of amides is 1. The lowest BCUT2D eigenvalue weighted by atomic mass is 9.92. The maximum Gasteiger partial charge on any atom is 0.251 e. The number of carbonyl (C=O) groups is 1.